The third-order valence-corrected chi connectivity index (χ3v) is 8.62. The van der Waals surface area contributed by atoms with Crippen LogP contribution in [-0.4, -0.2) is 83.6 Å². The first-order valence-electron chi connectivity index (χ1n) is 15.5. The van der Waals surface area contributed by atoms with Crippen molar-refractivity contribution in [2.24, 2.45) is 5.92 Å². The van der Waals surface area contributed by atoms with Gasteiger partial charge in [0, 0.05) is 56.5 Å². The third-order valence-electron chi connectivity index (χ3n) is 8.62. The number of aromatic nitrogens is 4. The van der Waals surface area contributed by atoms with E-state index in [4.69, 9.17) is 0 Å². The number of imidazole rings is 2. The van der Waals surface area contributed by atoms with E-state index in [0.717, 1.165) is 31.5 Å². The number of carbonyl (C=O) groups excluding carboxylic acids is 3. The molecule has 3 N–H and O–H groups in total. The predicted molar refractivity (Wildman–Crippen MR) is 162 cm³/mol. The summed E-state index contributed by atoms with van der Waals surface area (Å²) in [5.41, 5.74) is 0.928. The number of likely N-dealkylation sites (tertiary alicyclic amines) is 1. The third kappa shape index (κ3) is 6.98. The maximum absolute atomic E-state index is 13.5. The molecule has 1 spiro atoms. The Morgan fingerprint density at radius 2 is 1.65 bits per heavy atom. The topological polar surface area (TPSA) is 130 Å². The van der Waals surface area contributed by atoms with Gasteiger partial charge in [-0.1, -0.05) is 39.3 Å². The number of rotatable bonds is 12. The minimum atomic E-state index is -0.766. The molecule has 11 nitrogen and oxygen atoms in total. The number of aromatic amines is 2. The number of piperidine rings is 1. The van der Waals surface area contributed by atoms with Crippen molar-refractivity contribution >= 4 is 17.7 Å². The fraction of sp³-hybridized carbons (Fsp3) is 0.531. The van der Waals surface area contributed by atoms with Crippen LogP contribution in [0.2, 0.25) is 0 Å². The largest absolute Gasteiger partial charge is 0.347 e. The highest BCUT2D eigenvalue weighted by atomic mass is 16.2. The molecule has 0 radical (unpaired) electrons. The quantitative estimate of drug-likeness (QED) is 0.297. The maximum Gasteiger partial charge on any atom is 0.254 e. The van der Waals surface area contributed by atoms with Crippen molar-refractivity contribution in [2.45, 2.75) is 84.1 Å². The summed E-state index contributed by atoms with van der Waals surface area (Å²) in [4.78, 5) is 61.2. The van der Waals surface area contributed by atoms with E-state index in [1.807, 2.05) is 29.2 Å². The van der Waals surface area contributed by atoms with Crippen LogP contribution in [0.1, 0.15) is 80.4 Å². The van der Waals surface area contributed by atoms with Crippen LogP contribution in [0, 0.1) is 5.92 Å². The van der Waals surface area contributed by atoms with Crippen LogP contribution in [0.4, 0.5) is 0 Å². The number of hydrogen-bond donors (Lipinski definition) is 3. The molecule has 4 heterocycles. The molecule has 0 unspecified atom stereocenters. The highest BCUT2D eigenvalue weighted by Crippen LogP contribution is 2.34. The lowest BCUT2D eigenvalue weighted by Crippen LogP contribution is -2.73. The van der Waals surface area contributed by atoms with E-state index in [9.17, 15) is 14.4 Å². The molecular weight excluding hydrogens is 544 g/mol. The highest BCUT2D eigenvalue weighted by molar-refractivity contribution is 6.00. The number of nitrogens with one attached hydrogen (secondary N) is 3. The van der Waals surface area contributed by atoms with Crippen LogP contribution in [-0.2, 0) is 29.2 Å². The van der Waals surface area contributed by atoms with Crippen molar-refractivity contribution in [3.63, 3.8) is 0 Å². The molecule has 1 atom stereocenters. The van der Waals surface area contributed by atoms with Crippen LogP contribution < -0.4 is 5.32 Å². The Morgan fingerprint density at radius 1 is 1.02 bits per heavy atom. The summed E-state index contributed by atoms with van der Waals surface area (Å²) in [6.07, 6.45) is 10.6. The molecule has 0 aliphatic carbocycles. The van der Waals surface area contributed by atoms with E-state index in [0.29, 0.717) is 68.6 Å². The van der Waals surface area contributed by atoms with E-state index in [-0.39, 0.29) is 17.7 Å². The van der Waals surface area contributed by atoms with Crippen LogP contribution in [0.25, 0.3) is 0 Å². The van der Waals surface area contributed by atoms with Crippen molar-refractivity contribution in [1.82, 2.24) is 40.0 Å². The van der Waals surface area contributed by atoms with Gasteiger partial charge >= 0.3 is 0 Å². The normalized spacial score (nSPS) is 18.8. The average Bonchev–Trinajstić information content (AvgIpc) is 3.71. The van der Waals surface area contributed by atoms with Crippen molar-refractivity contribution in [1.29, 1.82) is 0 Å². The molecule has 3 amide bonds. The van der Waals surface area contributed by atoms with Gasteiger partial charge in [0.15, 0.2) is 0 Å². The van der Waals surface area contributed by atoms with Crippen molar-refractivity contribution in [3.8, 4) is 0 Å². The molecule has 5 rings (SSSR count). The Bertz CT molecular complexity index is 1310. The number of amides is 3. The Balaban J connectivity index is 1.22. The number of carbonyl (C=O) groups is 3. The smallest absolute Gasteiger partial charge is 0.254 e. The fourth-order valence-corrected chi connectivity index (χ4v) is 6.25. The molecule has 2 fully saturated rings. The lowest BCUT2D eigenvalue weighted by atomic mass is 9.80. The Labute approximate surface area is 253 Å². The predicted octanol–water partition coefficient (Wildman–Crippen LogP) is 3.48. The number of H-pyrrole nitrogens is 2. The van der Waals surface area contributed by atoms with Crippen LogP contribution in [0.3, 0.4) is 0 Å². The number of benzene rings is 1. The molecule has 0 saturated carbocycles. The first kappa shape index (κ1) is 30.5. The fourth-order valence-electron chi connectivity index (χ4n) is 6.25. The lowest BCUT2D eigenvalue weighted by molar-refractivity contribution is -0.161. The maximum atomic E-state index is 13.5. The molecule has 1 aromatic carbocycles. The van der Waals surface area contributed by atoms with Gasteiger partial charge in [-0.25, -0.2) is 9.97 Å². The zero-order chi connectivity index (χ0) is 30.4. The van der Waals surface area contributed by atoms with Gasteiger partial charge in [0.2, 0.25) is 11.8 Å². The van der Waals surface area contributed by atoms with Gasteiger partial charge in [-0.15, -0.1) is 0 Å². The minimum absolute atomic E-state index is 0.00465. The first-order chi connectivity index (χ1) is 20.8. The van der Waals surface area contributed by atoms with Gasteiger partial charge < -0.3 is 25.1 Å². The van der Waals surface area contributed by atoms with Crippen molar-refractivity contribution in [2.75, 3.05) is 19.6 Å². The van der Waals surface area contributed by atoms with E-state index in [1.165, 1.54) is 0 Å². The zero-order valence-corrected chi connectivity index (χ0v) is 25.5. The van der Waals surface area contributed by atoms with Crippen LogP contribution >= 0.6 is 0 Å². The molecule has 2 aliphatic rings. The summed E-state index contributed by atoms with van der Waals surface area (Å²) in [7, 11) is 0. The second kappa shape index (κ2) is 13.5. The van der Waals surface area contributed by atoms with Gasteiger partial charge in [0.25, 0.3) is 5.91 Å². The summed E-state index contributed by atoms with van der Waals surface area (Å²) in [5.74, 6) is 1.71. The summed E-state index contributed by atoms with van der Waals surface area (Å²) in [6.45, 7) is 9.75. The van der Waals surface area contributed by atoms with Gasteiger partial charge in [0.05, 0.1) is 13.1 Å². The Hall–Kier alpha value is -3.99. The number of nitrogens with zero attached hydrogens (tertiary/aromatic N) is 5. The molecule has 230 valence electrons. The van der Waals surface area contributed by atoms with Crippen LogP contribution in [0.5, 0.6) is 0 Å². The van der Waals surface area contributed by atoms with E-state index < -0.39 is 11.6 Å². The zero-order valence-electron chi connectivity index (χ0n) is 25.5. The summed E-state index contributed by atoms with van der Waals surface area (Å²) in [6, 6.07) is 7.31. The average molecular weight is 589 g/mol. The van der Waals surface area contributed by atoms with Gasteiger partial charge in [-0.05, 0) is 49.3 Å². The number of unbranched alkanes of at least 4 members (excludes halogenated alkanes) is 1. The van der Waals surface area contributed by atoms with Crippen molar-refractivity contribution in [3.05, 3.63) is 71.8 Å². The molecule has 43 heavy (non-hydrogen) atoms. The Kier molecular flexibility index (Phi) is 9.59. The van der Waals surface area contributed by atoms with Gasteiger partial charge in [-0.2, -0.15) is 0 Å². The van der Waals surface area contributed by atoms with E-state index in [2.05, 4.69) is 50.9 Å². The Morgan fingerprint density at radius 3 is 2.19 bits per heavy atom. The second-order valence-corrected chi connectivity index (χ2v) is 12.2. The van der Waals surface area contributed by atoms with Gasteiger partial charge in [-0.3, -0.25) is 19.3 Å². The number of piperazine rings is 1. The molecule has 2 aromatic heterocycles. The molecule has 2 saturated heterocycles. The molecule has 0 bridgehead atoms. The number of hydrogen-bond acceptors (Lipinski definition) is 6. The summed E-state index contributed by atoms with van der Waals surface area (Å²) >= 11 is 0. The molecule has 2 aliphatic heterocycles. The standard InChI is InChI=1S/C32H44N8O3/c1-4-5-16-40-30(42)26(19-23(2)3)37-31(43)32(40)10-17-38(18-11-32)20-24-6-8-25(9-7-24)29(41)39(21-27-33-12-13-34-27)22-28-35-14-15-36-28/h6-9,12-15,23,26H,4-5,10-11,16-22H2,1-3H3,(H,33,34)(H,35,36)(H,37,43)/t26-/m0/s1. The monoisotopic (exact) mass is 588 g/mol. The SMILES string of the molecule is CCCCN1C(=O)[C@H](CC(C)C)NC(=O)C12CCN(Cc1ccc(C(=O)N(Cc3ncc[nH]3)Cc3ncc[nH]3)cc1)CC2. The second-order valence-electron chi connectivity index (χ2n) is 12.2. The van der Waals surface area contributed by atoms with Crippen LogP contribution in [0.15, 0.2) is 49.1 Å². The van der Waals surface area contributed by atoms with Crippen molar-refractivity contribution < 1.29 is 14.4 Å². The lowest BCUT2D eigenvalue weighted by Gasteiger charge is -2.52. The van der Waals surface area contributed by atoms with Gasteiger partial charge in [0.1, 0.15) is 23.2 Å². The molecule has 3 aromatic rings. The molecular formula is C32H44N8O3. The summed E-state index contributed by atoms with van der Waals surface area (Å²) < 4.78 is 0. The van der Waals surface area contributed by atoms with E-state index in [1.54, 1.807) is 29.7 Å². The van der Waals surface area contributed by atoms with E-state index >= 15 is 0 Å². The summed E-state index contributed by atoms with van der Waals surface area (Å²) in [5, 5.41) is 3.09. The first-order valence-corrected chi connectivity index (χ1v) is 15.5. The molecule has 11 heteroatoms. The minimum Gasteiger partial charge on any atom is -0.347 e. The highest BCUT2D eigenvalue weighted by Gasteiger charge is 2.53.